The van der Waals surface area contributed by atoms with Crippen LogP contribution in [0.15, 0.2) is 36.5 Å². The number of halogens is 1. The largest absolute Gasteiger partial charge is 0.340 e. The van der Waals surface area contributed by atoms with Crippen molar-refractivity contribution in [3.8, 4) is 11.3 Å². The summed E-state index contributed by atoms with van der Waals surface area (Å²) in [5.74, 6) is 0.188. The van der Waals surface area contributed by atoms with Crippen LogP contribution in [-0.2, 0) is 9.59 Å². The molecule has 0 radical (unpaired) electrons. The number of benzene rings is 1. The maximum Gasteiger partial charge on any atom is 0.235 e. The highest BCUT2D eigenvalue weighted by molar-refractivity contribution is 6.30. The standard InChI is InChI=1S/C17H15ClN4O2/c18-12-3-1-2-11(8-12)13-4-6-19-16(20-13)22-7-5-17(10-22)9-14(23)21-15(17)24/h1-4,6,8H,5,7,9-10H2,(H,21,23,24). The second kappa shape index (κ2) is 5.56. The second-order valence-electron chi connectivity index (χ2n) is 6.26. The van der Waals surface area contributed by atoms with E-state index in [0.29, 0.717) is 30.5 Å². The molecule has 1 spiro atoms. The first kappa shape index (κ1) is 15.1. The molecule has 6 nitrogen and oxygen atoms in total. The highest BCUT2D eigenvalue weighted by Gasteiger charge is 2.51. The highest BCUT2D eigenvalue weighted by atomic mass is 35.5. The number of carbonyl (C=O) groups excluding carboxylic acids is 2. The number of hydrogen-bond donors (Lipinski definition) is 1. The molecule has 2 aliphatic heterocycles. The Morgan fingerprint density at radius 3 is 2.88 bits per heavy atom. The second-order valence-corrected chi connectivity index (χ2v) is 6.69. The van der Waals surface area contributed by atoms with E-state index in [4.69, 9.17) is 11.6 Å². The van der Waals surface area contributed by atoms with E-state index in [1.54, 1.807) is 6.20 Å². The molecule has 2 amide bonds. The summed E-state index contributed by atoms with van der Waals surface area (Å²) < 4.78 is 0. The van der Waals surface area contributed by atoms with Gasteiger partial charge in [0.05, 0.1) is 11.1 Å². The van der Waals surface area contributed by atoms with Crippen molar-refractivity contribution in [3.05, 3.63) is 41.6 Å². The lowest BCUT2D eigenvalue weighted by molar-refractivity contribution is -0.127. The van der Waals surface area contributed by atoms with Crippen molar-refractivity contribution in [3.63, 3.8) is 0 Å². The summed E-state index contributed by atoms with van der Waals surface area (Å²) in [5.41, 5.74) is 1.05. The molecule has 122 valence electrons. The predicted molar refractivity (Wildman–Crippen MR) is 89.5 cm³/mol. The van der Waals surface area contributed by atoms with Crippen LogP contribution >= 0.6 is 11.6 Å². The molecule has 3 heterocycles. The highest BCUT2D eigenvalue weighted by Crippen LogP contribution is 2.38. The van der Waals surface area contributed by atoms with Crippen molar-refractivity contribution >= 4 is 29.4 Å². The molecule has 0 aliphatic carbocycles. The summed E-state index contributed by atoms with van der Waals surface area (Å²) >= 11 is 6.04. The Labute approximate surface area is 143 Å². The number of carbonyl (C=O) groups is 2. The van der Waals surface area contributed by atoms with Gasteiger partial charge in [0.2, 0.25) is 17.8 Å². The lowest BCUT2D eigenvalue weighted by Gasteiger charge is -2.20. The Balaban J connectivity index is 1.61. The Morgan fingerprint density at radius 2 is 2.12 bits per heavy atom. The van der Waals surface area contributed by atoms with E-state index in [2.05, 4.69) is 15.3 Å². The van der Waals surface area contributed by atoms with Crippen LogP contribution < -0.4 is 10.2 Å². The monoisotopic (exact) mass is 342 g/mol. The summed E-state index contributed by atoms with van der Waals surface area (Å²) in [6.45, 7) is 1.11. The third-order valence-corrected chi connectivity index (χ3v) is 4.87. The van der Waals surface area contributed by atoms with Crippen LogP contribution in [0.5, 0.6) is 0 Å². The molecule has 0 bridgehead atoms. The minimum absolute atomic E-state index is 0.180. The van der Waals surface area contributed by atoms with Crippen molar-refractivity contribution in [1.29, 1.82) is 0 Å². The summed E-state index contributed by atoms with van der Waals surface area (Å²) in [5, 5.41) is 3.05. The van der Waals surface area contributed by atoms with Gasteiger partial charge in [-0.3, -0.25) is 14.9 Å². The van der Waals surface area contributed by atoms with Crippen molar-refractivity contribution in [2.75, 3.05) is 18.0 Å². The van der Waals surface area contributed by atoms with Crippen LogP contribution in [0.4, 0.5) is 5.95 Å². The van der Waals surface area contributed by atoms with E-state index >= 15 is 0 Å². The zero-order valence-corrected chi connectivity index (χ0v) is 13.6. The van der Waals surface area contributed by atoms with Gasteiger partial charge in [0.1, 0.15) is 0 Å². The third-order valence-electron chi connectivity index (χ3n) is 4.63. The van der Waals surface area contributed by atoms with Gasteiger partial charge in [0.15, 0.2) is 0 Å². The predicted octanol–water partition coefficient (Wildman–Crippen LogP) is 2.04. The lowest BCUT2D eigenvalue weighted by atomic mass is 9.85. The summed E-state index contributed by atoms with van der Waals surface area (Å²) in [6.07, 6.45) is 2.58. The average Bonchev–Trinajstić information content (AvgIpc) is 3.11. The molecule has 2 fully saturated rings. The van der Waals surface area contributed by atoms with Crippen molar-refractivity contribution in [2.24, 2.45) is 5.41 Å². The summed E-state index contributed by atoms with van der Waals surface area (Å²) in [6, 6.07) is 9.30. The van der Waals surface area contributed by atoms with E-state index in [1.165, 1.54) is 0 Å². The molecule has 1 atom stereocenters. The fraction of sp³-hybridized carbons (Fsp3) is 0.294. The number of rotatable bonds is 2. The fourth-order valence-corrected chi connectivity index (χ4v) is 3.56. The third kappa shape index (κ3) is 2.53. The molecule has 0 saturated carbocycles. The number of aromatic nitrogens is 2. The maximum atomic E-state index is 12.1. The summed E-state index contributed by atoms with van der Waals surface area (Å²) in [7, 11) is 0. The van der Waals surface area contributed by atoms with Gasteiger partial charge in [0, 0.05) is 36.3 Å². The number of amides is 2. The SMILES string of the molecule is O=C1CC2(CCN(c3nccc(-c4cccc(Cl)c4)n3)C2)C(=O)N1. The molecule has 1 aromatic heterocycles. The Kier molecular flexibility index (Phi) is 3.49. The van der Waals surface area contributed by atoms with E-state index in [9.17, 15) is 9.59 Å². The molecule has 1 N–H and O–H groups in total. The van der Waals surface area contributed by atoms with Crippen LogP contribution in [-0.4, -0.2) is 34.9 Å². The molecule has 2 aliphatic rings. The molecule has 24 heavy (non-hydrogen) atoms. The Morgan fingerprint density at radius 1 is 1.25 bits per heavy atom. The quantitative estimate of drug-likeness (QED) is 0.845. The van der Waals surface area contributed by atoms with Crippen LogP contribution in [0.25, 0.3) is 11.3 Å². The first-order chi connectivity index (χ1) is 11.6. The molecule has 4 rings (SSSR count). The van der Waals surface area contributed by atoms with Gasteiger partial charge >= 0.3 is 0 Å². The van der Waals surface area contributed by atoms with Crippen molar-refractivity contribution < 1.29 is 9.59 Å². The molecular weight excluding hydrogens is 328 g/mol. The number of anilines is 1. The first-order valence-corrected chi connectivity index (χ1v) is 8.12. The van der Waals surface area contributed by atoms with E-state index in [0.717, 1.165) is 11.3 Å². The number of imide groups is 1. The minimum Gasteiger partial charge on any atom is -0.340 e. The van der Waals surface area contributed by atoms with Gasteiger partial charge in [-0.05, 0) is 24.6 Å². The zero-order chi connectivity index (χ0) is 16.7. The van der Waals surface area contributed by atoms with Gasteiger partial charge in [-0.15, -0.1) is 0 Å². The lowest BCUT2D eigenvalue weighted by Crippen LogP contribution is -2.35. The number of nitrogens with one attached hydrogen (secondary N) is 1. The molecule has 2 saturated heterocycles. The van der Waals surface area contributed by atoms with Crippen LogP contribution in [0.2, 0.25) is 5.02 Å². The molecular formula is C17H15ClN4O2. The van der Waals surface area contributed by atoms with Crippen LogP contribution in [0, 0.1) is 5.41 Å². The van der Waals surface area contributed by atoms with Gasteiger partial charge in [0.25, 0.3) is 0 Å². The van der Waals surface area contributed by atoms with Crippen LogP contribution in [0.3, 0.4) is 0 Å². The zero-order valence-electron chi connectivity index (χ0n) is 12.8. The number of nitrogens with zero attached hydrogens (tertiary/aromatic N) is 3. The smallest absolute Gasteiger partial charge is 0.235 e. The van der Waals surface area contributed by atoms with Crippen LogP contribution in [0.1, 0.15) is 12.8 Å². The molecule has 1 unspecified atom stereocenters. The molecule has 1 aromatic carbocycles. The van der Waals surface area contributed by atoms with Gasteiger partial charge in [-0.25, -0.2) is 9.97 Å². The first-order valence-electron chi connectivity index (χ1n) is 7.74. The van der Waals surface area contributed by atoms with Gasteiger partial charge < -0.3 is 4.90 Å². The number of hydrogen-bond acceptors (Lipinski definition) is 5. The summed E-state index contributed by atoms with van der Waals surface area (Å²) in [4.78, 5) is 34.5. The van der Waals surface area contributed by atoms with E-state index in [-0.39, 0.29) is 18.2 Å². The topological polar surface area (TPSA) is 75.2 Å². The van der Waals surface area contributed by atoms with Crippen molar-refractivity contribution in [1.82, 2.24) is 15.3 Å². The van der Waals surface area contributed by atoms with E-state index in [1.807, 2.05) is 35.2 Å². The Hall–Kier alpha value is -2.47. The van der Waals surface area contributed by atoms with Gasteiger partial charge in [-0.1, -0.05) is 23.7 Å². The van der Waals surface area contributed by atoms with E-state index < -0.39 is 5.41 Å². The minimum atomic E-state index is -0.632. The fourth-order valence-electron chi connectivity index (χ4n) is 3.37. The van der Waals surface area contributed by atoms with Crippen molar-refractivity contribution in [2.45, 2.75) is 12.8 Å². The molecule has 7 heteroatoms. The Bertz CT molecular complexity index is 841. The average molecular weight is 343 g/mol. The maximum absolute atomic E-state index is 12.1. The molecule has 2 aromatic rings. The van der Waals surface area contributed by atoms with Gasteiger partial charge in [-0.2, -0.15) is 0 Å². The normalized spacial score (nSPS) is 23.1.